The smallest absolute Gasteiger partial charge is 0.307 e. The highest BCUT2D eigenvalue weighted by molar-refractivity contribution is 9.10. The lowest BCUT2D eigenvalue weighted by Crippen LogP contribution is -2.15. The van der Waals surface area contributed by atoms with Crippen LogP contribution in [0.1, 0.15) is 5.56 Å². The lowest BCUT2D eigenvalue weighted by atomic mass is 10.1. The minimum absolute atomic E-state index is 0.0120. The number of para-hydroxylation sites is 1. The summed E-state index contributed by atoms with van der Waals surface area (Å²) in [7, 11) is -3.83. The molecule has 2 aromatic rings. The topological polar surface area (TPSA) is 96.4 Å². The molecule has 0 unspecified atom stereocenters. The van der Waals surface area contributed by atoms with Crippen LogP contribution in [0.3, 0.4) is 0 Å². The van der Waals surface area contributed by atoms with Crippen molar-refractivity contribution in [1.82, 2.24) is 4.98 Å². The fourth-order valence-electron chi connectivity index (χ4n) is 1.68. The molecule has 0 bridgehead atoms. The van der Waals surface area contributed by atoms with Crippen LogP contribution in [-0.4, -0.2) is 24.5 Å². The standard InChI is InChI=1S/C13H11BrN2O4S/c14-10-6-11(8-15-7-10)21(19,20)16-12-4-2-1-3-9(12)5-13(17)18/h1-4,6-8,16H,5H2,(H,17,18). The van der Waals surface area contributed by atoms with Crippen molar-refractivity contribution >= 4 is 37.6 Å². The zero-order chi connectivity index (χ0) is 15.5. The van der Waals surface area contributed by atoms with Crippen molar-refractivity contribution in [2.24, 2.45) is 0 Å². The van der Waals surface area contributed by atoms with Gasteiger partial charge in [0.05, 0.1) is 12.1 Å². The molecule has 110 valence electrons. The number of nitrogens with one attached hydrogen (secondary N) is 1. The summed E-state index contributed by atoms with van der Waals surface area (Å²) >= 11 is 3.15. The number of halogens is 1. The molecule has 2 N–H and O–H groups in total. The molecule has 0 aliphatic heterocycles. The first-order valence-corrected chi connectivity index (χ1v) is 8.09. The lowest BCUT2D eigenvalue weighted by molar-refractivity contribution is -0.136. The van der Waals surface area contributed by atoms with Gasteiger partial charge in [-0.2, -0.15) is 0 Å². The molecule has 0 aliphatic carbocycles. The molecule has 1 heterocycles. The van der Waals surface area contributed by atoms with Gasteiger partial charge in [0.15, 0.2) is 0 Å². The summed E-state index contributed by atoms with van der Waals surface area (Å²) < 4.78 is 27.5. The van der Waals surface area contributed by atoms with Gasteiger partial charge in [0, 0.05) is 16.9 Å². The molecular weight excluding hydrogens is 360 g/mol. The first-order valence-electron chi connectivity index (χ1n) is 5.81. The third-order valence-corrected chi connectivity index (χ3v) is 4.36. The summed E-state index contributed by atoms with van der Waals surface area (Å²) in [6, 6.07) is 7.76. The van der Waals surface area contributed by atoms with Gasteiger partial charge in [-0.25, -0.2) is 8.42 Å². The van der Waals surface area contributed by atoms with Crippen molar-refractivity contribution < 1.29 is 18.3 Å². The van der Waals surface area contributed by atoms with Gasteiger partial charge in [-0.3, -0.25) is 14.5 Å². The summed E-state index contributed by atoms with van der Waals surface area (Å²) in [6.45, 7) is 0. The summed E-state index contributed by atoms with van der Waals surface area (Å²) in [5.41, 5.74) is 0.622. The van der Waals surface area contributed by atoms with Crippen molar-refractivity contribution in [2.75, 3.05) is 4.72 Å². The molecular formula is C13H11BrN2O4S. The average Bonchev–Trinajstić information content (AvgIpc) is 2.40. The summed E-state index contributed by atoms with van der Waals surface area (Å²) in [4.78, 5) is 14.6. The molecule has 2 rings (SSSR count). The number of nitrogens with zero attached hydrogens (tertiary/aromatic N) is 1. The number of aromatic nitrogens is 1. The third kappa shape index (κ3) is 4.02. The molecule has 1 aromatic carbocycles. The number of pyridine rings is 1. The zero-order valence-corrected chi connectivity index (χ0v) is 13.1. The van der Waals surface area contributed by atoms with Gasteiger partial charge >= 0.3 is 5.97 Å². The van der Waals surface area contributed by atoms with Crippen LogP contribution in [0.25, 0.3) is 0 Å². The Morgan fingerprint density at radius 2 is 2.00 bits per heavy atom. The summed E-state index contributed by atoms with van der Waals surface area (Å²) in [5, 5.41) is 8.85. The summed E-state index contributed by atoms with van der Waals surface area (Å²) in [6.07, 6.45) is 2.42. The van der Waals surface area contributed by atoms with Crippen LogP contribution in [0.5, 0.6) is 0 Å². The third-order valence-electron chi connectivity index (χ3n) is 2.59. The number of aliphatic carboxylic acids is 1. The van der Waals surface area contributed by atoms with E-state index < -0.39 is 16.0 Å². The van der Waals surface area contributed by atoms with Crippen LogP contribution in [0.15, 0.2) is 52.1 Å². The Balaban J connectivity index is 2.35. The van der Waals surface area contributed by atoms with Crippen LogP contribution in [0.4, 0.5) is 5.69 Å². The molecule has 0 radical (unpaired) electrons. The molecule has 0 fully saturated rings. The monoisotopic (exact) mass is 370 g/mol. The number of carboxylic acid groups (broad SMARTS) is 1. The van der Waals surface area contributed by atoms with Crippen LogP contribution in [0, 0.1) is 0 Å². The number of hydrogen-bond donors (Lipinski definition) is 2. The van der Waals surface area contributed by atoms with E-state index in [4.69, 9.17) is 5.11 Å². The van der Waals surface area contributed by atoms with E-state index in [-0.39, 0.29) is 17.0 Å². The van der Waals surface area contributed by atoms with E-state index in [1.807, 2.05) is 0 Å². The molecule has 0 spiro atoms. The van der Waals surface area contributed by atoms with Crippen LogP contribution in [0.2, 0.25) is 0 Å². The maximum absolute atomic E-state index is 12.3. The van der Waals surface area contributed by atoms with Crippen molar-refractivity contribution in [3.8, 4) is 0 Å². The molecule has 0 aliphatic rings. The van der Waals surface area contributed by atoms with Crippen LogP contribution < -0.4 is 4.72 Å². The summed E-state index contributed by atoms with van der Waals surface area (Å²) in [5.74, 6) is -1.04. The Labute approximate surface area is 130 Å². The van der Waals surface area contributed by atoms with Crippen LogP contribution >= 0.6 is 15.9 Å². The maximum Gasteiger partial charge on any atom is 0.307 e. The van der Waals surface area contributed by atoms with Gasteiger partial charge in [0.1, 0.15) is 4.90 Å². The quantitative estimate of drug-likeness (QED) is 0.841. The first-order chi connectivity index (χ1) is 9.88. The highest BCUT2D eigenvalue weighted by atomic mass is 79.9. The van der Waals surface area contributed by atoms with Crippen molar-refractivity contribution in [1.29, 1.82) is 0 Å². The highest BCUT2D eigenvalue weighted by Crippen LogP contribution is 2.21. The van der Waals surface area contributed by atoms with Gasteiger partial charge < -0.3 is 5.11 Å². The van der Waals surface area contributed by atoms with Crippen molar-refractivity contribution in [3.63, 3.8) is 0 Å². The largest absolute Gasteiger partial charge is 0.481 e. The van der Waals surface area contributed by atoms with E-state index in [1.54, 1.807) is 18.2 Å². The fraction of sp³-hybridized carbons (Fsp3) is 0.0769. The molecule has 0 saturated heterocycles. The van der Waals surface area contributed by atoms with Gasteiger partial charge in [-0.15, -0.1) is 0 Å². The molecule has 8 heteroatoms. The second-order valence-electron chi connectivity index (χ2n) is 4.17. The zero-order valence-electron chi connectivity index (χ0n) is 10.7. The Kier molecular flexibility index (Phi) is 4.59. The van der Waals surface area contributed by atoms with Gasteiger partial charge in [0.2, 0.25) is 0 Å². The SMILES string of the molecule is O=C(O)Cc1ccccc1NS(=O)(=O)c1cncc(Br)c1. The highest BCUT2D eigenvalue weighted by Gasteiger charge is 2.17. The van der Waals surface area contributed by atoms with E-state index in [1.165, 1.54) is 24.5 Å². The fourth-order valence-corrected chi connectivity index (χ4v) is 3.28. The molecule has 6 nitrogen and oxygen atoms in total. The number of carbonyl (C=O) groups is 1. The second-order valence-corrected chi connectivity index (χ2v) is 6.77. The Morgan fingerprint density at radius 3 is 2.67 bits per heavy atom. The predicted octanol–water partition coefficient (Wildman–Crippen LogP) is 2.27. The van der Waals surface area contributed by atoms with E-state index in [9.17, 15) is 13.2 Å². The Bertz CT molecular complexity index is 777. The Hall–Kier alpha value is -1.93. The van der Waals surface area contributed by atoms with E-state index in [0.29, 0.717) is 10.0 Å². The molecule has 0 atom stereocenters. The maximum atomic E-state index is 12.3. The van der Waals surface area contributed by atoms with Gasteiger partial charge in [-0.05, 0) is 33.6 Å². The number of rotatable bonds is 5. The minimum atomic E-state index is -3.83. The number of anilines is 1. The number of carboxylic acids is 1. The lowest BCUT2D eigenvalue weighted by Gasteiger charge is -2.11. The molecule has 0 amide bonds. The van der Waals surface area contributed by atoms with E-state index in [2.05, 4.69) is 25.6 Å². The number of benzene rings is 1. The van der Waals surface area contributed by atoms with Gasteiger partial charge in [0.25, 0.3) is 10.0 Å². The Morgan fingerprint density at radius 1 is 1.29 bits per heavy atom. The van der Waals surface area contributed by atoms with E-state index >= 15 is 0 Å². The average molecular weight is 371 g/mol. The van der Waals surface area contributed by atoms with E-state index in [0.717, 1.165) is 0 Å². The minimum Gasteiger partial charge on any atom is -0.481 e. The van der Waals surface area contributed by atoms with Crippen molar-refractivity contribution in [2.45, 2.75) is 11.3 Å². The molecule has 21 heavy (non-hydrogen) atoms. The number of hydrogen-bond acceptors (Lipinski definition) is 4. The van der Waals surface area contributed by atoms with Crippen molar-refractivity contribution in [3.05, 3.63) is 52.8 Å². The number of sulfonamides is 1. The normalized spacial score (nSPS) is 11.1. The van der Waals surface area contributed by atoms with Crippen LogP contribution in [-0.2, 0) is 21.2 Å². The molecule has 1 aromatic heterocycles. The van der Waals surface area contributed by atoms with Gasteiger partial charge in [-0.1, -0.05) is 18.2 Å². The first kappa shape index (κ1) is 15.5. The predicted molar refractivity (Wildman–Crippen MR) is 80.5 cm³/mol. The molecule has 0 saturated carbocycles. The second kappa shape index (κ2) is 6.23.